The summed E-state index contributed by atoms with van der Waals surface area (Å²) in [5, 5.41) is 12.3. The topological polar surface area (TPSA) is 44.7 Å². The highest BCUT2D eigenvalue weighted by molar-refractivity contribution is 5.21. The quantitative estimate of drug-likeness (QED) is 0.640. The van der Waals surface area contributed by atoms with E-state index in [1.54, 1.807) is 7.11 Å². The van der Waals surface area contributed by atoms with Gasteiger partial charge >= 0.3 is 0 Å². The van der Waals surface area contributed by atoms with Crippen molar-refractivity contribution in [2.45, 2.75) is 13.2 Å². The van der Waals surface area contributed by atoms with Crippen LogP contribution in [0.25, 0.3) is 0 Å². The van der Waals surface area contributed by atoms with Gasteiger partial charge in [-0.15, -0.1) is 0 Å². The summed E-state index contributed by atoms with van der Waals surface area (Å²) in [5.41, 5.74) is 2.20. The van der Waals surface area contributed by atoms with E-state index < -0.39 is 0 Å². The van der Waals surface area contributed by atoms with E-state index in [0.29, 0.717) is 0 Å². The minimum absolute atomic E-state index is 0.109. The highest BCUT2D eigenvalue weighted by Crippen LogP contribution is 2.03. The van der Waals surface area contributed by atoms with E-state index in [4.69, 9.17) is 9.84 Å². The Morgan fingerprint density at radius 1 is 1.17 bits per heavy atom. The molecule has 0 aliphatic rings. The molecule has 4 nitrogen and oxygen atoms in total. The largest absolute Gasteiger partial charge is 0.392 e. The summed E-state index contributed by atoms with van der Waals surface area (Å²) < 4.78 is 5.03. The van der Waals surface area contributed by atoms with E-state index in [0.717, 1.165) is 38.3 Å². The molecular formula is C14H24N2O2. The number of methoxy groups -OCH3 is 1. The van der Waals surface area contributed by atoms with Gasteiger partial charge in [0.25, 0.3) is 0 Å². The summed E-state index contributed by atoms with van der Waals surface area (Å²) in [6.45, 7) is 4.68. The van der Waals surface area contributed by atoms with Crippen molar-refractivity contribution in [1.29, 1.82) is 0 Å². The van der Waals surface area contributed by atoms with Gasteiger partial charge in [-0.25, -0.2) is 0 Å². The van der Waals surface area contributed by atoms with Gasteiger partial charge in [0.15, 0.2) is 0 Å². The number of likely N-dealkylation sites (N-methyl/N-ethyl adjacent to an activating group) is 1. The molecule has 0 atom stereocenters. The molecule has 0 bridgehead atoms. The molecule has 0 aliphatic carbocycles. The van der Waals surface area contributed by atoms with Crippen molar-refractivity contribution in [1.82, 2.24) is 10.2 Å². The Morgan fingerprint density at radius 2 is 1.83 bits per heavy atom. The predicted molar refractivity (Wildman–Crippen MR) is 73.4 cm³/mol. The number of nitrogens with one attached hydrogen (secondary N) is 1. The Morgan fingerprint density at radius 3 is 2.44 bits per heavy atom. The lowest BCUT2D eigenvalue weighted by molar-refractivity contribution is 0.161. The fraction of sp³-hybridized carbons (Fsp3) is 0.571. The average molecular weight is 252 g/mol. The third-order valence-corrected chi connectivity index (χ3v) is 2.88. The molecule has 1 rings (SSSR count). The lowest BCUT2D eigenvalue weighted by Gasteiger charge is -2.16. The first-order chi connectivity index (χ1) is 8.76. The van der Waals surface area contributed by atoms with Crippen molar-refractivity contribution < 1.29 is 9.84 Å². The summed E-state index contributed by atoms with van der Waals surface area (Å²) >= 11 is 0. The molecular weight excluding hydrogens is 228 g/mol. The second kappa shape index (κ2) is 9.05. The number of aliphatic hydroxyl groups is 1. The van der Waals surface area contributed by atoms with Crippen LogP contribution in [0.4, 0.5) is 0 Å². The summed E-state index contributed by atoms with van der Waals surface area (Å²) in [6.07, 6.45) is 0. The molecule has 1 aromatic rings. The number of rotatable bonds is 9. The molecule has 2 N–H and O–H groups in total. The number of benzene rings is 1. The summed E-state index contributed by atoms with van der Waals surface area (Å²) in [5.74, 6) is 0. The fourth-order valence-corrected chi connectivity index (χ4v) is 1.62. The smallest absolute Gasteiger partial charge is 0.0681 e. The van der Waals surface area contributed by atoms with Gasteiger partial charge in [0, 0.05) is 33.3 Å². The maximum Gasteiger partial charge on any atom is 0.0681 e. The van der Waals surface area contributed by atoms with Gasteiger partial charge in [-0.1, -0.05) is 24.3 Å². The Bertz CT molecular complexity index is 314. The molecule has 0 aliphatic heterocycles. The van der Waals surface area contributed by atoms with Crippen molar-refractivity contribution in [3.63, 3.8) is 0 Å². The van der Waals surface area contributed by atoms with Crippen LogP contribution >= 0.6 is 0 Å². The first-order valence-electron chi connectivity index (χ1n) is 6.33. The zero-order valence-electron chi connectivity index (χ0n) is 11.4. The Hall–Kier alpha value is -0.940. The van der Waals surface area contributed by atoms with Gasteiger partial charge in [0.1, 0.15) is 0 Å². The monoisotopic (exact) mass is 252 g/mol. The van der Waals surface area contributed by atoms with Gasteiger partial charge in [0.05, 0.1) is 13.2 Å². The molecule has 0 spiro atoms. The van der Waals surface area contributed by atoms with Gasteiger partial charge in [-0.05, 0) is 18.2 Å². The third-order valence-electron chi connectivity index (χ3n) is 2.88. The van der Waals surface area contributed by atoms with Crippen LogP contribution in [-0.4, -0.2) is 50.4 Å². The molecule has 4 heteroatoms. The zero-order valence-corrected chi connectivity index (χ0v) is 11.4. The predicted octanol–water partition coefficient (Wildman–Crippen LogP) is 0.847. The molecule has 0 aromatic heterocycles. The van der Waals surface area contributed by atoms with Crippen LogP contribution in [0.2, 0.25) is 0 Å². The van der Waals surface area contributed by atoms with Crippen LogP contribution in [0.1, 0.15) is 11.1 Å². The number of aliphatic hydroxyl groups excluding tert-OH is 1. The molecule has 102 valence electrons. The SMILES string of the molecule is COCCN(C)CCNCc1ccc(CO)cc1. The van der Waals surface area contributed by atoms with Gasteiger partial charge < -0.3 is 20.1 Å². The molecule has 0 saturated heterocycles. The van der Waals surface area contributed by atoms with Crippen LogP contribution in [0, 0.1) is 0 Å². The Kier molecular flexibility index (Phi) is 7.60. The van der Waals surface area contributed by atoms with E-state index in [9.17, 15) is 0 Å². The first kappa shape index (κ1) is 15.1. The average Bonchev–Trinajstić information content (AvgIpc) is 2.42. The van der Waals surface area contributed by atoms with Crippen molar-refractivity contribution in [2.24, 2.45) is 0 Å². The third kappa shape index (κ3) is 6.12. The second-order valence-corrected chi connectivity index (χ2v) is 4.45. The molecule has 0 amide bonds. The molecule has 0 unspecified atom stereocenters. The Balaban J connectivity index is 2.13. The highest BCUT2D eigenvalue weighted by Gasteiger charge is 1.97. The fourth-order valence-electron chi connectivity index (χ4n) is 1.62. The van der Waals surface area contributed by atoms with Crippen LogP contribution in [-0.2, 0) is 17.9 Å². The second-order valence-electron chi connectivity index (χ2n) is 4.45. The van der Waals surface area contributed by atoms with Crippen LogP contribution in [0.3, 0.4) is 0 Å². The zero-order chi connectivity index (χ0) is 13.2. The van der Waals surface area contributed by atoms with Crippen molar-refractivity contribution in [3.8, 4) is 0 Å². The number of hydrogen-bond donors (Lipinski definition) is 2. The van der Waals surface area contributed by atoms with E-state index in [-0.39, 0.29) is 6.61 Å². The minimum atomic E-state index is 0.109. The van der Waals surface area contributed by atoms with Gasteiger partial charge in [-0.2, -0.15) is 0 Å². The summed E-state index contributed by atoms with van der Waals surface area (Å²) in [4.78, 5) is 2.24. The maximum absolute atomic E-state index is 8.94. The van der Waals surface area contributed by atoms with Crippen LogP contribution in [0.15, 0.2) is 24.3 Å². The molecule has 0 fully saturated rings. The highest BCUT2D eigenvalue weighted by atomic mass is 16.5. The molecule has 1 aromatic carbocycles. The van der Waals surface area contributed by atoms with Crippen LogP contribution < -0.4 is 5.32 Å². The van der Waals surface area contributed by atoms with Crippen molar-refractivity contribution in [2.75, 3.05) is 40.4 Å². The van der Waals surface area contributed by atoms with E-state index in [2.05, 4.69) is 17.3 Å². The molecule has 0 saturated carbocycles. The maximum atomic E-state index is 8.94. The standard InChI is InChI=1S/C14H24N2O2/c1-16(9-10-18-2)8-7-15-11-13-3-5-14(12-17)6-4-13/h3-6,15,17H,7-12H2,1-2H3. The normalized spacial score (nSPS) is 11.1. The molecule has 0 heterocycles. The van der Waals surface area contributed by atoms with E-state index in [1.807, 2.05) is 24.3 Å². The van der Waals surface area contributed by atoms with Gasteiger partial charge in [-0.3, -0.25) is 0 Å². The number of ether oxygens (including phenoxy) is 1. The summed E-state index contributed by atoms with van der Waals surface area (Å²) in [6, 6.07) is 8.02. The lowest BCUT2D eigenvalue weighted by atomic mass is 10.1. The number of nitrogens with zero attached hydrogens (tertiary/aromatic N) is 1. The molecule has 18 heavy (non-hydrogen) atoms. The first-order valence-corrected chi connectivity index (χ1v) is 6.33. The van der Waals surface area contributed by atoms with Crippen LogP contribution in [0.5, 0.6) is 0 Å². The van der Waals surface area contributed by atoms with E-state index >= 15 is 0 Å². The van der Waals surface area contributed by atoms with Gasteiger partial charge in [0.2, 0.25) is 0 Å². The molecule has 0 radical (unpaired) electrons. The minimum Gasteiger partial charge on any atom is -0.392 e. The Labute approximate surface area is 110 Å². The van der Waals surface area contributed by atoms with Crippen molar-refractivity contribution in [3.05, 3.63) is 35.4 Å². The summed E-state index contributed by atoms with van der Waals surface area (Å²) in [7, 11) is 3.82. The van der Waals surface area contributed by atoms with Crippen molar-refractivity contribution >= 4 is 0 Å². The number of hydrogen-bond acceptors (Lipinski definition) is 4. The van der Waals surface area contributed by atoms with E-state index in [1.165, 1.54) is 5.56 Å². The lowest BCUT2D eigenvalue weighted by Crippen LogP contribution is -2.31.